The zero-order valence-corrected chi connectivity index (χ0v) is 19.0. The van der Waals surface area contributed by atoms with Crippen LogP contribution < -0.4 is 4.74 Å². The lowest BCUT2D eigenvalue weighted by atomic mass is 10.0. The first kappa shape index (κ1) is 21.7. The van der Waals surface area contributed by atoms with E-state index in [9.17, 15) is 0 Å². The molecular formula is C31H30O. The molecule has 4 aromatic carbocycles. The summed E-state index contributed by atoms with van der Waals surface area (Å²) in [6.07, 6.45) is 4.54. The Morgan fingerprint density at radius 3 is 1.97 bits per heavy atom. The molecule has 0 radical (unpaired) electrons. The van der Waals surface area contributed by atoms with Crippen molar-refractivity contribution in [1.82, 2.24) is 0 Å². The lowest BCUT2D eigenvalue weighted by Gasteiger charge is -2.06. The third kappa shape index (κ3) is 5.59. The third-order valence-corrected chi connectivity index (χ3v) is 5.64. The van der Waals surface area contributed by atoms with E-state index in [1.54, 1.807) is 0 Å². The Balaban J connectivity index is 1.45. The van der Waals surface area contributed by atoms with Crippen molar-refractivity contribution in [3.63, 3.8) is 0 Å². The van der Waals surface area contributed by atoms with E-state index in [1.807, 2.05) is 6.07 Å². The number of aryl methyl sites for hydroxylation is 1. The standard InChI is InChI=1S/C31H30O/c1-3-5-21-32-31-20-19-29-22-26(13-18-30(29)23-31)8-7-25-11-16-28(17-12-25)27-14-9-24(6-4-2)10-15-27/h9-20,22-23H,3-6,21H2,1-2H3. The lowest BCUT2D eigenvalue weighted by molar-refractivity contribution is 0.310. The summed E-state index contributed by atoms with van der Waals surface area (Å²) >= 11 is 0. The molecule has 0 bridgehead atoms. The predicted octanol–water partition coefficient (Wildman–Crippen LogP) is 8.04. The normalized spacial score (nSPS) is 10.6. The molecule has 4 aromatic rings. The smallest absolute Gasteiger partial charge is 0.119 e. The number of rotatable bonds is 7. The largest absolute Gasteiger partial charge is 0.494 e. The van der Waals surface area contributed by atoms with E-state index in [0.717, 1.165) is 42.7 Å². The molecular weight excluding hydrogens is 388 g/mol. The fourth-order valence-electron chi connectivity index (χ4n) is 3.77. The fraction of sp³-hybridized carbons (Fsp3) is 0.226. The molecule has 0 spiro atoms. The van der Waals surface area contributed by atoms with Crippen LogP contribution in [0, 0.1) is 11.8 Å². The maximum Gasteiger partial charge on any atom is 0.119 e. The molecule has 0 saturated heterocycles. The molecule has 0 N–H and O–H groups in total. The minimum Gasteiger partial charge on any atom is -0.494 e. The van der Waals surface area contributed by atoms with E-state index in [4.69, 9.17) is 4.74 Å². The van der Waals surface area contributed by atoms with E-state index in [1.165, 1.54) is 33.9 Å². The SMILES string of the molecule is CCCCOc1ccc2cc(C#Cc3ccc(-c4ccc(CCC)cc4)cc3)ccc2c1. The van der Waals surface area contributed by atoms with E-state index < -0.39 is 0 Å². The van der Waals surface area contributed by atoms with Crippen LogP contribution in [0.1, 0.15) is 49.8 Å². The molecule has 0 aliphatic carbocycles. The van der Waals surface area contributed by atoms with Crippen molar-refractivity contribution in [2.45, 2.75) is 39.5 Å². The van der Waals surface area contributed by atoms with Crippen molar-refractivity contribution in [2.24, 2.45) is 0 Å². The van der Waals surface area contributed by atoms with Crippen LogP contribution in [0.25, 0.3) is 21.9 Å². The van der Waals surface area contributed by atoms with E-state index >= 15 is 0 Å². The minimum absolute atomic E-state index is 0.772. The topological polar surface area (TPSA) is 9.23 Å². The van der Waals surface area contributed by atoms with E-state index in [2.05, 4.69) is 105 Å². The Morgan fingerprint density at radius 2 is 1.25 bits per heavy atom. The average Bonchev–Trinajstić information content (AvgIpc) is 2.84. The fourth-order valence-corrected chi connectivity index (χ4v) is 3.77. The molecule has 0 saturated carbocycles. The van der Waals surface area contributed by atoms with Crippen molar-refractivity contribution in [2.75, 3.05) is 6.61 Å². The van der Waals surface area contributed by atoms with Gasteiger partial charge in [-0.15, -0.1) is 0 Å². The first-order valence-corrected chi connectivity index (χ1v) is 11.6. The summed E-state index contributed by atoms with van der Waals surface area (Å²) < 4.78 is 5.82. The Bertz CT molecular complexity index is 1220. The Labute approximate surface area is 192 Å². The third-order valence-electron chi connectivity index (χ3n) is 5.64. The monoisotopic (exact) mass is 418 g/mol. The first-order chi connectivity index (χ1) is 15.7. The van der Waals surface area contributed by atoms with Crippen LogP contribution in [0.15, 0.2) is 84.9 Å². The minimum atomic E-state index is 0.772. The molecule has 0 amide bonds. The highest BCUT2D eigenvalue weighted by Crippen LogP contribution is 2.23. The number of unbranched alkanes of at least 4 members (excludes halogenated alkanes) is 1. The molecule has 1 nitrogen and oxygen atoms in total. The first-order valence-electron chi connectivity index (χ1n) is 11.6. The van der Waals surface area contributed by atoms with Gasteiger partial charge in [0.1, 0.15) is 5.75 Å². The zero-order valence-electron chi connectivity index (χ0n) is 19.0. The van der Waals surface area contributed by atoms with Crippen molar-refractivity contribution in [3.8, 4) is 28.7 Å². The van der Waals surface area contributed by atoms with Crippen LogP contribution in [0.2, 0.25) is 0 Å². The highest BCUT2D eigenvalue weighted by molar-refractivity contribution is 5.85. The second-order valence-electron chi connectivity index (χ2n) is 8.20. The van der Waals surface area contributed by atoms with Crippen LogP contribution in [-0.4, -0.2) is 6.61 Å². The van der Waals surface area contributed by atoms with Gasteiger partial charge in [0.05, 0.1) is 6.61 Å². The van der Waals surface area contributed by atoms with Crippen molar-refractivity contribution >= 4 is 10.8 Å². The molecule has 0 aromatic heterocycles. The quantitative estimate of drug-likeness (QED) is 0.218. The predicted molar refractivity (Wildman–Crippen MR) is 136 cm³/mol. The van der Waals surface area contributed by atoms with Crippen LogP contribution in [0.5, 0.6) is 5.75 Å². The molecule has 0 fully saturated rings. The molecule has 4 rings (SSSR count). The van der Waals surface area contributed by atoms with Gasteiger partial charge >= 0.3 is 0 Å². The second kappa shape index (κ2) is 10.7. The van der Waals surface area contributed by atoms with Gasteiger partial charge < -0.3 is 4.74 Å². The van der Waals surface area contributed by atoms with Crippen LogP contribution in [-0.2, 0) is 6.42 Å². The number of hydrogen-bond donors (Lipinski definition) is 0. The van der Waals surface area contributed by atoms with Gasteiger partial charge in [-0.2, -0.15) is 0 Å². The van der Waals surface area contributed by atoms with E-state index in [0.29, 0.717) is 0 Å². The highest BCUT2D eigenvalue weighted by Gasteiger charge is 2.00. The number of fused-ring (bicyclic) bond motifs is 1. The molecule has 1 heteroatoms. The summed E-state index contributed by atoms with van der Waals surface area (Å²) in [5, 5.41) is 2.36. The Hall–Kier alpha value is -3.50. The molecule has 0 aliphatic heterocycles. The highest BCUT2D eigenvalue weighted by atomic mass is 16.5. The Kier molecular flexibility index (Phi) is 7.26. The molecule has 32 heavy (non-hydrogen) atoms. The van der Waals surface area contributed by atoms with Crippen molar-refractivity contribution < 1.29 is 4.74 Å². The summed E-state index contributed by atoms with van der Waals surface area (Å²) in [5.74, 6) is 7.55. The van der Waals surface area contributed by atoms with Gasteiger partial charge in [-0.3, -0.25) is 0 Å². The van der Waals surface area contributed by atoms with Crippen LogP contribution >= 0.6 is 0 Å². The average molecular weight is 419 g/mol. The maximum atomic E-state index is 5.82. The number of benzene rings is 4. The molecule has 0 heterocycles. The second-order valence-corrected chi connectivity index (χ2v) is 8.20. The number of hydrogen-bond acceptors (Lipinski definition) is 1. The molecule has 0 unspecified atom stereocenters. The van der Waals surface area contributed by atoms with Gasteiger partial charge in [-0.1, -0.05) is 87.1 Å². The maximum absolute atomic E-state index is 5.82. The van der Waals surface area contributed by atoms with Crippen LogP contribution in [0.4, 0.5) is 0 Å². The summed E-state index contributed by atoms with van der Waals surface area (Å²) in [7, 11) is 0. The van der Waals surface area contributed by atoms with Crippen molar-refractivity contribution in [3.05, 3.63) is 102 Å². The van der Waals surface area contributed by atoms with Gasteiger partial charge in [-0.25, -0.2) is 0 Å². The van der Waals surface area contributed by atoms with Gasteiger partial charge in [0.25, 0.3) is 0 Å². The van der Waals surface area contributed by atoms with Gasteiger partial charge in [0.15, 0.2) is 0 Å². The van der Waals surface area contributed by atoms with Gasteiger partial charge in [0, 0.05) is 11.1 Å². The van der Waals surface area contributed by atoms with Crippen LogP contribution in [0.3, 0.4) is 0 Å². The molecule has 0 aliphatic rings. The van der Waals surface area contributed by atoms with Gasteiger partial charge in [-0.05, 0) is 76.7 Å². The number of ether oxygens (including phenoxy) is 1. The summed E-state index contributed by atoms with van der Waals surface area (Å²) in [6.45, 7) is 5.16. The Morgan fingerprint density at radius 1 is 0.625 bits per heavy atom. The van der Waals surface area contributed by atoms with Gasteiger partial charge in [0.2, 0.25) is 0 Å². The zero-order chi connectivity index (χ0) is 22.2. The summed E-state index contributed by atoms with van der Waals surface area (Å²) in [6, 6.07) is 30.0. The summed E-state index contributed by atoms with van der Waals surface area (Å²) in [4.78, 5) is 0. The molecule has 160 valence electrons. The lowest BCUT2D eigenvalue weighted by Crippen LogP contribution is -1.96. The molecule has 0 atom stereocenters. The van der Waals surface area contributed by atoms with Crippen molar-refractivity contribution in [1.29, 1.82) is 0 Å². The summed E-state index contributed by atoms with van der Waals surface area (Å²) in [5.41, 5.74) is 5.91. The van der Waals surface area contributed by atoms with E-state index in [-0.39, 0.29) is 0 Å².